The Kier molecular flexibility index (Phi) is 7.17. The van der Waals surface area contributed by atoms with Gasteiger partial charge >= 0.3 is 0 Å². The minimum absolute atomic E-state index is 0.922. The van der Waals surface area contributed by atoms with E-state index in [0.717, 1.165) is 12.8 Å². The van der Waals surface area contributed by atoms with Crippen LogP contribution in [0.25, 0.3) is 0 Å². The van der Waals surface area contributed by atoms with E-state index in [1.54, 1.807) is 0 Å². The summed E-state index contributed by atoms with van der Waals surface area (Å²) in [4.78, 5) is 0. The summed E-state index contributed by atoms with van der Waals surface area (Å²) in [5.74, 6) is 3.28. The van der Waals surface area contributed by atoms with E-state index in [2.05, 4.69) is 64.0 Å². The summed E-state index contributed by atoms with van der Waals surface area (Å²) in [5, 5.41) is 0. The van der Waals surface area contributed by atoms with Gasteiger partial charge in [0, 0.05) is 6.42 Å². The third-order valence-corrected chi connectivity index (χ3v) is 3.03. The maximum atomic E-state index is 3.38. The van der Waals surface area contributed by atoms with Crippen molar-refractivity contribution in [2.45, 2.75) is 59.7 Å². The molecule has 0 atom stereocenters. The van der Waals surface area contributed by atoms with E-state index in [1.807, 2.05) is 0 Å². The van der Waals surface area contributed by atoms with Crippen molar-refractivity contribution in [1.29, 1.82) is 0 Å². The van der Waals surface area contributed by atoms with Crippen molar-refractivity contribution in [3.05, 3.63) is 23.3 Å². The number of rotatable bonds is 4. The van der Waals surface area contributed by atoms with Crippen LogP contribution in [0, 0.1) is 11.5 Å². The Hall–Kier alpha value is -0.743. The topological polar surface area (TPSA) is 0 Å². The average Bonchev–Trinajstić information content (AvgIpc) is 2.10. The van der Waals surface area contributed by atoms with Crippen molar-refractivity contribution in [2.24, 2.45) is 0 Å². The molecule has 0 aromatic carbocycles. The van der Waals surface area contributed by atoms with E-state index in [1.165, 1.54) is 17.6 Å². The first-order chi connectivity index (χ1) is 7.31. The lowest BCUT2D eigenvalue weighted by molar-refractivity contribution is 0.960. The lowest BCUT2D eigenvalue weighted by atomic mass is 10.1. The molecule has 0 spiro atoms. The third kappa shape index (κ3) is 11.3. The van der Waals surface area contributed by atoms with Crippen LogP contribution in [-0.2, 0) is 0 Å². The van der Waals surface area contributed by atoms with Crippen LogP contribution >= 0.6 is 0 Å². The zero-order chi connectivity index (χ0) is 12.6. The fourth-order valence-corrected chi connectivity index (χ4v) is 1.86. The molecule has 0 nitrogen and oxygen atoms in total. The highest BCUT2D eigenvalue weighted by Gasteiger charge is 2.06. The van der Waals surface area contributed by atoms with E-state index in [0.29, 0.717) is 0 Å². The van der Waals surface area contributed by atoms with Crippen LogP contribution < -0.4 is 0 Å². The summed E-state index contributed by atoms with van der Waals surface area (Å²) >= 11 is 0. The van der Waals surface area contributed by atoms with Gasteiger partial charge in [-0.05, 0) is 33.6 Å². The van der Waals surface area contributed by atoms with Crippen LogP contribution in [0.2, 0.25) is 19.6 Å². The molecule has 0 N–H and O–H groups in total. The van der Waals surface area contributed by atoms with Gasteiger partial charge < -0.3 is 0 Å². The van der Waals surface area contributed by atoms with Crippen molar-refractivity contribution in [3.63, 3.8) is 0 Å². The van der Waals surface area contributed by atoms with Gasteiger partial charge in [-0.3, -0.25) is 0 Å². The first-order valence-corrected chi connectivity index (χ1v) is 9.60. The van der Waals surface area contributed by atoms with Gasteiger partial charge in [-0.1, -0.05) is 42.9 Å². The summed E-state index contributed by atoms with van der Waals surface area (Å²) in [6.07, 6.45) is 7.81. The monoisotopic (exact) mass is 234 g/mol. The molecular formula is C15H26Si. The quantitative estimate of drug-likeness (QED) is 0.367. The predicted molar refractivity (Wildman–Crippen MR) is 78.2 cm³/mol. The van der Waals surface area contributed by atoms with Gasteiger partial charge in [0.15, 0.2) is 0 Å². The van der Waals surface area contributed by atoms with Crippen molar-refractivity contribution < 1.29 is 0 Å². The Morgan fingerprint density at radius 1 is 1.06 bits per heavy atom. The molecule has 0 aliphatic carbocycles. The minimum atomic E-state index is -1.17. The Bertz CT molecular complexity index is 312. The molecule has 0 aromatic heterocycles. The highest BCUT2D eigenvalue weighted by atomic mass is 28.3. The maximum Gasteiger partial charge on any atom is 0.129 e. The van der Waals surface area contributed by atoms with E-state index in [-0.39, 0.29) is 0 Å². The maximum absolute atomic E-state index is 3.38. The molecule has 0 radical (unpaired) electrons. The zero-order valence-corrected chi connectivity index (χ0v) is 12.8. The first kappa shape index (κ1) is 15.3. The van der Waals surface area contributed by atoms with Crippen LogP contribution in [0.5, 0.6) is 0 Å². The molecule has 0 unspecified atom stereocenters. The Balaban J connectivity index is 3.96. The van der Waals surface area contributed by atoms with Gasteiger partial charge in [0.05, 0.1) is 0 Å². The second-order valence-electron chi connectivity index (χ2n) is 5.63. The second-order valence-corrected chi connectivity index (χ2v) is 10.4. The first-order valence-electron chi connectivity index (χ1n) is 6.10. The predicted octanol–water partition coefficient (Wildman–Crippen LogP) is 4.95. The highest BCUT2D eigenvalue weighted by Crippen LogP contribution is 2.07. The molecule has 0 saturated carbocycles. The summed E-state index contributed by atoms with van der Waals surface area (Å²) in [5.41, 5.74) is 6.25. The highest BCUT2D eigenvalue weighted by molar-refractivity contribution is 6.83. The average molecular weight is 234 g/mol. The van der Waals surface area contributed by atoms with E-state index in [4.69, 9.17) is 0 Å². The van der Waals surface area contributed by atoms with Crippen molar-refractivity contribution >= 4 is 8.07 Å². The number of allylic oxidation sites excluding steroid dienone is 4. The summed E-state index contributed by atoms with van der Waals surface area (Å²) in [6, 6.07) is 0. The van der Waals surface area contributed by atoms with Crippen LogP contribution in [0.15, 0.2) is 23.3 Å². The molecule has 1 heteroatoms. The van der Waals surface area contributed by atoms with Crippen LogP contribution in [0.3, 0.4) is 0 Å². The lowest BCUT2D eigenvalue weighted by Crippen LogP contribution is -2.16. The molecule has 0 heterocycles. The molecule has 90 valence electrons. The minimum Gasteiger partial charge on any atom is -0.132 e. The van der Waals surface area contributed by atoms with Crippen LogP contribution in [0.4, 0.5) is 0 Å². The fraction of sp³-hybridized carbons (Fsp3) is 0.600. The smallest absolute Gasteiger partial charge is 0.129 e. The van der Waals surface area contributed by atoms with Gasteiger partial charge in [-0.25, -0.2) is 0 Å². The van der Waals surface area contributed by atoms with Gasteiger partial charge in [-0.2, -0.15) is 0 Å². The molecule has 0 bridgehead atoms. The van der Waals surface area contributed by atoms with Gasteiger partial charge in [0.2, 0.25) is 0 Å². The summed E-state index contributed by atoms with van der Waals surface area (Å²) in [7, 11) is -1.17. The van der Waals surface area contributed by atoms with Crippen LogP contribution in [0.1, 0.15) is 40.0 Å². The van der Waals surface area contributed by atoms with Crippen molar-refractivity contribution in [1.82, 2.24) is 0 Å². The molecule has 0 rings (SSSR count). The zero-order valence-electron chi connectivity index (χ0n) is 11.8. The fourth-order valence-electron chi connectivity index (χ4n) is 1.23. The number of hydrogen-bond donors (Lipinski definition) is 0. The molecule has 0 saturated heterocycles. The molecule has 0 fully saturated rings. The number of hydrogen-bond acceptors (Lipinski definition) is 0. The van der Waals surface area contributed by atoms with Gasteiger partial charge in [-0.15, -0.1) is 11.5 Å². The van der Waals surface area contributed by atoms with Crippen molar-refractivity contribution in [3.8, 4) is 11.5 Å². The van der Waals surface area contributed by atoms with Gasteiger partial charge in [0.1, 0.15) is 8.07 Å². The Morgan fingerprint density at radius 3 is 2.19 bits per heavy atom. The van der Waals surface area contributed by atoms with E-state index < -0.39 is 8.07 Å². The summed E-state index contributed by atoms with van der Waals surface area (Å²) < 4.78 is 0. The van der Waals surface area contributed by atoms with E-state index in [9.17, 15) is 0 Å². The SMILES string of the molecule is CC(C)=CCC/C(C)=C\CC#C[Si](C)(C)C. The molecule has 0 aliphatic heterocycles. The Labute approximate surface area is 103 Å². The Morgan fingerprint density at radius 2 is 1.69 bits per heavy atom. The molecule has 16 heavy (non-hydrogen) atoms. The molecule has 0 amide bonds. The standard InChI is InChI=1S/C15H26Si/c1-14(2)10-9-12-15(3)11-7-8-13-16(4,5)6/h10-11H,7,9,12H2,1-6H3/b15-11-. The summed E-state index contributed by atoms with van der Waals surface area (Å²) in [6.45, 7) is 13.4. The molecule has 0 aliphatic rings. The van der Waals surface area contributed by atoms with Crippen molar-refractivity contribution in [2.75, 3.05) is 0 Å². The normalized spacial score (nSPS) is 11.8. The second kappa shape index (κ2) is 7.52. The van der Waals surface area contributed by atoms with E-state index >= 15 is 0 Å². The molecule has 0 aromatic rings. The van der Waals surface area contributed by atoms with Gasteiger partial charge in [0.25, 0.3) is 0 Å². The molecular weight excluding hydrogens is 208 g/mol. The lowest BCUT2D eigenvalue weighted by Gasteiger charge is -2.03. The largest absolute Gasteiger partial charge is 0.132 e. The third-order valence-electron chi connectivity index (χ3n) is 2.11. The van der Waals surface area contributed by atoms with Crippen LogP contribution in [-0.4, -0.2) is 8.07 Å².